The van der Waals surface area contributed by atoms with Gasteiger partial charge in [0.15, 0.2) is 0 Å². The average Bonchev–Trinajstić information content (AvgIpc) is 2.95. The number of carbonyl (C=O) groups is 2. The first-order valence-electron chi connectivity index (χ1n) is 15.0. The number of hydrogen-bond donors (Lipinski definition) is 9. The standard InChI is InChI=1S/C29H45N5O10P2/c1-20-12-22(26(35)24(14-20)28(37)31-18-45(39,40)41)16-33-8-3-6-30-7-4-9-34(11-5-10-33)17-23-13-21(2)15-25(27(23)36)29(38)32-19-46(42,43)44/h12-15,30,35-36H,3-11,16-19H2,1-2H3,(H,31,37)(H,32,38)(H2,39,40,41)(H2,42,43,44). The van der Waals surface area contributed by atoms with Gasteiger partial charge in [-0.3, -0.25) is 28.5 Å². The Morgan fingerprint density at radius 1 is 0.696 bits per heavy atom. The molecule has 46 heavy (non-hydrogen) atoms. The van der Waals surface area contributed by atoms with E-state index in [4.69, 9.17) is 19.6 Å². The van der Waals surface area contributed by atoms with Crippen LogP contribution >= 0.6 is 15.2 Å². The topological polar surface area (TPSA) is 232 Å². The molecule has 0 unspecified atom stereocenters. The Morgan fingerprint density at radius 2 is 1.07 bits per heavy atom. The third-order valence-electron chi connectivity index (χ3n) is 7.44. The first kappa shape index (κ1) is 37.6. The number of carbonyl (C=O) groups excluding carboxylic acids is 2. The molecule has 2 amide bonds. The van der Waals surface area contributed by atoms with Crippen LogP contribution in [0.2, 0.25) is 0 Å². The third kappa shape index (κ3) is 12.4. The molecule has 1 saturated heterocycles. The second kappa shape index (κ2) is 16.8. The van der Waals surface area contributed by atoms with Crippen LogP contribution in [0.4, 0.5) is 0 Å². The van der Waals surface area contributed by atoms with Gasteiger partial charge in [0.1, 0.15) is 24.1 Å². The number of aromatic hydroxyl groups is 2. The van der Waals surface area contributed by atoms with Crippen LogP contribution in [0.25, 0.3) is 0 Å². The Hall–Kier alpha value is -2.84. The maximum atomic E-state index is 12.6. The maximum Gasteiger partial charge on any atom is 0.344 e. The van der Waals surface area contributed by atoms with Gasteiger partial charge in [-0.15, -0.1) is 0 Å². The molecule has 17 heteroatoms. The third-order valence-corrected chi connectivity index (χ3v) is 8.58. The number of amides is 2. The van der Waals surface area contributed by atoms with Gasteiger partial charge >= 0.3 is 15.2 Å². The van der Waals surface area contributed by atoms with Crippen molar-refractivity contribution in [3.8, 4) is 11.5 Å². The van der Waals surface area contributed by atoms with Crippen molar-refractivity contribution in [3.05, 3.63) is 57.6 Å². The molecule has 0 aromatic heterocycles. The second-order valence-corrected chi connectivity index (χ2v) is 15.0. The van der Waals surface area contributed by atoms with Crippen LogP contribution in [-0.2, 0) is 22.2 Å². The van der Waals surface area contributed by atoms with Crippen LogP contribution in [0.15, 0.2) is 24.3 Å². The fourth-order valence-electron chi connectivity index (χ4n) is 5.35. The van der Waals surface area contributed by atoms with Crippen LogP contribution in [0, 0.1) is 13.8 Å². The molecule has 0 bridgehead atoms. The van der Waals surface area contributed by atoms with Gasteiger partial charge in [-0.25, -0.2) is 0 Å². The highest BCUT2D eigenvalue weighted by atomic mass is 31.2. The molecule has 0 saturated carbocycles. The predicted molar refractivity (Wildman–Crippen MR) is 172 cm³/mol. The first-order chi connectivity index (χ1) is 21.5. The van der Waals surface area contributed by atoms with Crippen molar-refractivity contribution in [2.45, 2.75) is 46.2 Å². The summed E-state index contributed by atoms with van der Waals surface area (Å²) in [5.74, 6) is -2.03. The fraction of sp³-hybridized carbons (Fsp3) is 0.517. The Morgan fingerprint density at radius 3 is 1.43 bits per heavy atom. The summed E-state index contributed by atoms with van der Waals surface area (Å²) in [6, 6.07) is 6.51. The summed E-state index contributed by atoms with van der Waals surface area (Å²) in [6.45, 7) is 8.52. The Bertz CT molecular complexity index is 1370. The summed E-state index contributed by atoms with van der Waals surface area (Å²) in [6.07, 6.45) is 0.773. The van der Waals surface area contributed by atoms with E-state index in [2.05, 4.69) is 25.8 Å². The van der Waals surface area contributed by atoms with Gasteiger partial charge in [0.2, 0.25) is 0 Å². The summed E-state index contributed by atoms with van der Waals surface area (Å²) in [5, 5.41) is 29.7. The number of rotatable bonds is 10. The zero-order valence-corrected chi connectivity index (χ0v) is 27.9. The number of hydrogen-bond acceptors (Lipinski definition) is 9. The summed E-state index contributed by atoms with van der Waals surface area (Å²) < 4.78 is 22.4. The van der Waals surface area contributed by atoms with Crippen LogP contribution in [-0.4, -0.2) is 103 Å². The molecule has 1 heterocycles. The number of phenols is 2. The van der Waals surface area contributed by atoms with E-state index in [1.54, 1.807) is 26.0 Å². The van der Waals surface area contributed by atoms with Crippen molar-refractivity contribution in [1.82, 2.24) is 25.8 Å². The number of aryl methyl sites for hydroxylation is 2. The van der Waals surface area contributed by atoms with Crippen LogP contribution in [0.1, 0.15) is 62.2 Å². The molecule has 15 nitrogen and oxygen atoms in total. The highest BCUT2D eigenvalue weighted by molar-refractivity contribution is 7.52. The van der Waals surface area contributed by atoms with Crippen molar-refractivity contribution >= 4 is 27.0 Å². The average molecular weight is 686 g/mol. The molecule has 2 aromatic rings. The second-order valence-electron chi connectivity index (χ2n) is 11.7. The molecule has 3 rings (SSSR count). The molecule has 0 aliphatic carbocycles. The Labute approximate surface area is 268 Å². The number of phenolic OH excluding ortho intramolecular Hbond substituents is 2. The van der Waals surface area contributed by atoms with Crippen molar-refractivity contribution < 1.29 is 48.5 Å². The molecular formula is C29H45N5O10P2. The molecule has 0 atom stereocenters. The van der Waals surface area contributed by atoms with E-state index < -0.39 is 39.6 Å². The Kier molecular flexibility index (Phi) is 13.8. The predicted octanol–water partition coefficient (Wildman–Crippen LogP) is 1.52. The van der Waals surface area contributed by atoms with Crippen molar-refractivity contribution in [1.29, 1.82) is 0 Å². The highest BCUT2D eigenvalue weighted by Gasteiger charge is 2.23. The lowest BCUT2D eigenvalue weighted by molar-refractivity contribution is 0.0946. The van der Waals surface area contributed by atoms with Gasteiger partial charge < -0.3 is 45.7 Å². The lowest BCUT2D eigenvalue weighted by Crippen LogP contribution is -2.34. The van der Waals surface area contributed by atoms with E-state index in [1.807, 2.05) is 0 Å². The molecule has 2 aromatic carbocycles. The number of benzene rings is 2. The van der Waals surface area contributed by atoms with Crippen LogP contribution < -0.4 is 16.0 Å². The highest BCUT2D eigenvalue weighted by Crippen LogP contribution is 2.34. The lowest BCUT2D eigenvalue weighted by atomic mass is 10.0. The van der Waals surface area contributed by atoms with E-state index in [1.165, 1.54) is 12.1 Å². The minimum absolute atomic E-state index is 0.0570. The van der Waals surface area contributed by atoms with Gasteiger partial charge in [-0.1, -0.05) is 12.1 Å². The summed E-state index contributed by atoms with van der Waals surface area (Å²) in [5.41, 5.74) is 2.35. The van der Waals surface area contributed by atoms with E-state index in [9.17, 15) is 28.9 Å². The minimum atomic E-state index is -4.47. The molecular weight excluding hydrogens is 640 g/mol. The summed E-state index contributed by atoms with van der Waals surface area (Å²) in [4.78, 5) is 66.0. The van der Waals surface area contributed by atoms with Gasteiger partial charge in [-0.2, -0.15) is 0 Å². The van der Waals surface area contributed by atoms with Crippen LogP contribution in [0.3, 0.4) is 0 Å². The first-order valence-corrected chi connectivity index (χ1v) is 18.6. The SMILES string of the molecule is Cc1cc(CN2CCCNCCCN(Cc3cc(C)cc(C(=O)NCP(=O)(O)O)c3O)CCC2)c(O)c(C(=O)NCP(=O)(O)O)c1. The monoisotopic (exact) mass is 685 g/mol. The summed E-state index contributed by atoms with van der Waals surface area (Å²) >= 11 is 0. The number of nitrogens with zero attached hydrogens (tertiary/aromatic N) is 2. The largest absolute Gasteiger partial charge is 0.507 e. The van der Waals surface area contributed by atoms with E-state index in [-0.39, 0.29) is 22.6 Å². The molecule has 1 fully saturated rings. The normalized spacial score (nSPS) is 16.3. The van der Waals surface area contributed by atoms with Crippen molar-refractivity contribution in [3.63, 3.8) is 0 Å². The van der Waals surface area contributed by atoms with Gasteiger partial charge in [0.05, 0.1) is 11.1 Å². The molecule has 9 N–H and O–H groups in total. The zero-order valence-electron chi connectivity index (χ0n) is 26.1. The minimum Gasteiger partial charge on any atom is -0.507 e. The summed E-state index contributed by atoms with van der Waals surface area (Å²) in [7, 11) is -8.94. The van der Waals surface area contributed by atoms with Crippen molar-refractivity contribution in [2.24, 2.45) is 0 Å². The van der Waals surface area contributed by atoms with Gasteiger partial charge in [-0.05, 0) is 95.6 Å². The number of nitrogens with one attached hydrogen (secondary N) is 3. The van der Waals surface area contributed by atoms with E-state index in [0.29, 0.717) is 61.5 Å². The van der Waals surface area contributed by atoms with Crippen molar-refractivity contribution in [2.75, 3.05) is 51.8 Å². The quantitative estimate of drug-likeness (QED) is 0.162. The molecule has 1 aliphatic heterocycles. The smallest absolute Gasteiger partial charge is 0.344 e. The fourth-order valence-corrected chi connectivity index (χ4v) is 6.05. The maximum absolute atomic E-state index is 12.6. The zero-order chi connectivity index (χ0) is 34.1. The van der Waals surface area contributed by atoms with Crippen LogP contribution in [0.5, 0.6) is 11.5 Å². The van der Waals surface area contributed by atoms with Gasteiger partial charge in [0.25, 0.3) is 11.8 Å². The Balaban J connectivity index is 1.73. The molecule has 256 valence electrons. The van der Waals surface area contributed by atoms with E-state index in [0.717, 1.165) is 32.4 Å². The van der Waals surface area contributed by atoms with E-state index >= 15 is 0 Å². The molecule has 0 spiro atoms. The lowest BCUT2D eigenvalue weighted by Gasteiger charge is -2.28. The van der Waals surface area contributed by atoms with Gasteiger partial charge in [0, 0.05) is 24.2 Å². The molecule has 0 radical (unpaired) electrons. The molecule has 1 aliphatic rings.